The zero-order valence-corrected chi connectivity index (χ0v) is 14.2. The summed E-state index contributed by atoms with van der Waals surface area (Å²) in [6, 6.07) is 8.90. The molecule has 0 aliphatic heterocycles. The van der Waals surface area contributed by atoms with Gasteiger partial charge in [-0.25, -0.2) is 0 Å². The van der Waals surface area contributed by atoms with Gasteiger partial charge in [-0.2, -0.15) is 0 Å². The van der Waals surface area contributed by atoms with Gasteiger partial charge in [0.05, 0.1) is 12.2 Å². The van der Waals surface area contributed by atoms with Crippen LogP contribution in [0.3, 0.4) is 0 Å². The van der Waals surface area contributed by atoms with Crippen molar-refractivity contribution in [2.75, 3.05) is 6.61 Å². The lowest BCUT2D eigenvalue weighted by Crippen LogP contribution is -2.45. The number of hydrogen-bond acceptors (Lipinski definition) is 4. The van der Waals surface area contributed by atoms with E-state index >= 15 is 0 Å². The van der Waals surface area contributed by atoms with Crippen LogP contribution in [0.1, 0.15) is 25.3 Å². The first-order chi connectivity index (χ1) is 10.9. The molecule has 6 heteroatoms. The number of ether oxygens (including phenoxy) is 1. The highest BCUT2D eigenvalue weighted by Crippen LogP contribution is 2.42. The molecule has 1 aromatic carbocycles. The van der Waals surface area contributed by atoms with Crippen LogP contribution in [-0.2, 0) is 19.9 Å². The lowest BCUT2D eigenvalue weighted by Gasteiger charge is -2.38. The van der Waals surface area contributed by atoms with E-state index in [9.17, 15) is 14.7 Å². The van der Waals surface area contributed by atoms with Crippen molar-refractivity contribution in [2.45, 2.75) is 25.4 Å². The molecule has 1 fully saturated rings. The Hall–Kier alpha value is -1.36. The van der Waals surface area contributed by atoms with Crippen molar-refractivity contribution < 1.29 is 19.4 Å². The fourth-order valence-corrected chi connectivity index (χ4v) is 3.36. The molecule has 124 valence electrons. The third-order valence-electron chi connectivity index (χ3n) is 4.01. The molecular formula is C17H18Cl2O4. The summed E-state index contributed by atoms with van der Waals surface area (Å²) < 4.78 is 4.93. The molecule has 1 aliphatic rings. The molecule has 1 aromatic rings. The average molecular weight is 357 g/mol. The van der Waals surface area contributed by atoms with E-state index in [0.29, 0.717) is 5.56 Å². The van der Waals surface area contributed by atoms with E-state index in [1.165, 1.54) is 6.08 Å². The van der Waals surface area contributed by atoms with Crippen LogP contribution in [-0.4, -0.2) is 23.5 Å². The summed E-state index contributed by atoms with van der Waals surface area (Å²) in [5.41, 5.74) is -0.731. The number of carbonyl (C=O) groups is 2. The Morgan fingerprint density at radius 2 is 2.04 bits per heavy atom. The van der Waals surface area contributed by atoms with Crippen molar-refractivity contribution in [3.05, 3.63) is 46.5 Å². The smallest absolute Gasteiger partial charge is 0.317 e. The number of benzene rings is 1. The van der Waals surface area contributed by atoms with E-state index in [2.05, 4.69) is 0 Å². The van der Waals surface area contributed by atoms with Gasteiger partial charge < -0.3 is 9.84 Å². The van der Waals surface area contributed by atoms with Crippen LogP contribution in [0.5, 0.6) is 0 Å². The molecule has 0 spiro atoms. The fraction of sp³-hybridized carbons (Fsp3) is 0.412. The molecular weight excluding hydrogens is 339 g/mol. The monoisotopic (exact) mass is 356 g/mol. The minimum absolute atomic E-state index is 0.0468. The highest BCUT2D eigenvalue weighted by molar-refractivity contribution is 6.55. The highest BCUT2D eigenvalue weighted by atomic mass is 35.5. The first kappa shape index (κ1) is 18.0. The minimum Gasteiger partial charge on any atom is -0.465 e. The second kappa shape index (κ2) is 7.47. The maximum atomic E-state index is 12.5. The van der Waals surface area contributed by atoms with Gasteiger partial charge in [0.25, 0.3) is 0 Å². The second-order valence-electron chi connectivity index (χ2n) is 5.59. The van der Waals surface area contributed by atoms with Gasteiger partial charge in [0, 0.05) is 12.3 Å². The standard InChI is InChI=1S/C17H18Cl2O4/c1-2-23-16(21)15-11(8-14(18)19)9-17(22,10-13(15)20)12-6-4-3-5-7-12/h3-8,11,15,22H,2,9-10H2,1H3/t11-,15+,17+/m0/s1. The largest absolute Gasteiger partial charge is 0.465 e. The Bertz CT molecular complexity index is 610. The lowest BCUT2D eigenvalue weighted by molar-refractivity contribution is -0.159. The third kappa shape index (κ3) is 4.14. The molecule has 0 unspecified atom stereocenters. The van der Waals surface area contributed by atoms with Gasteiger partial charge in [0.1, 0.15) is 10.4 Å². The number of Topliss-reactive ketones (excluding diaryl/α,β-unsaturated/α-hetero) is 1. The van der Waals surface area contributed by atoms with E-state index in [1.807, 2.05) is 6.07 Å². The van der Waals surface area contributed by atoms with Gasteiger partial charge in [-0.3, -0.25) is 9.59 Å². The minimum atomic E-state index is -1.36. The van der Waals surface area contributed by atoms with Gasteiger partial charge in [0.15, 0.2) is 5.78 Å². The molecule has 0 radical (unpaired) electrons. The zero-order valence-electron chi connectivity index (χ0n) is 12.7. The number of halogens is 2. The number of aliphatic hydroxyl groups is 1. The highest BCUT2D eigenvalue weighted by Gasteiger charge is 2.48. The van der Waals surface area contributed by atoms with Gasteiger partial charge in [-0.15, -0.1) is 0 Å². The van der Waals surface area contributed by atoms with Gasteiger partial charge >= 0.3 is 5.97 Å². The van der Waals surface area contributed by atoms with Gasteiger partial charge in [-0.05, 0) is 25.0 Å². The number of allylic oxidation sites excluding steroid dienone is 1. The Balaban J connectivity index is 2.37. The predicted molar refractivity (Wildman–Crippen MR) is 88.0 cm³/mol. The molecule has 2 rings (SSSR count). The Morgan fingerprint density at radius 3 is 2.61 bits per heavy atom. The maximum Gasteiger partial charge on any atom is 0.317 e. The van der Waals surface area contributed by atoms with Gasteiger partial charge in [0.2, 0.25) is 0 Å². The van der Waals surface area contributed by atoms with Crippen LogP contribution in [0, 0.1) is 11.8 Å². The Kier molecular flexibility index (Phi) is 5.84. The first-order valence-corrected chi connectivity index (χ1v) is 8.13. The van der Waals surface area contributed by atoms with Crippen molar-refractivity contribution in [3.63, 3.8) is 0 Å². The van der Waals surface area contributed by atoms with Crippen molar-refractivity contribution in [1.82, 2.24) is 0 Å². The van der Waals surface area contributed by atoms with Crippen molar-refractivity contribution >= 4 is 35.0 Å². The van der Waals surface area contributed by atoms with E-state index in [0.717, 1.165) is 0 Å². The first-order valence-electron chi connectivity index (χ1n) is 7.37. The van der Waals surface area contributed by atoms with Crippen LogP contribution >= 0.6 is 23.2 Å². The topological polar surface area (TPSA) is 63.6 Å². The normalized spacial score (nSPS) is 27.4. The quantitative estimate of drug-likeness (QED) is 0.663. The fourth-order valence-electron chi connectivity index (χ4n) is 3.04. The van der Waals surface area contributed by atoms with E-state index in [-0.39, 0.29) is 29.7 Å². The van der Waals surface area contributed by atoms with Crippen LogP contribution in [0.15, 0.2) is 40.9 Å². The molecule has 0 saturated heterocycles. The molecule has 0 amide bonds. The SMILES string of the molecule is CCOC(=O)[C@H]1C(=O)C[C@@](O)(c2ccccc2)C[C@@H]1C=C(Cl)Cl. The van der Waals surface area contributed by atoms with Crippen molar-refractivity contribution in [1.29, 1.82) is 0 Å². The molecule has 0 heterocycles. The summed E-state index contributed by atoms with van der Waals surface area (Å²) in [6.45, 7) is 1.85. The second-order valence-corrected chi connectivity index (χ2v) is 6.60. The molecule has 1 saturated carbocycles. The number of esters is 1. The molecule has 1 N–H and O–H groups in total. The maximum absolute atomic E-state index is 12.5. The molecule has 0 aromatic heterocycles. The molecule has 1 aliphatic carbocycles. The third-order valence-corrected chi connectivity index (χ3v) is 4.26. The molecule has 0 bridgehead atoms. The summed E-state index contributed by atoms with van der Waals surface area (Å²) in [4.78, 5) is 24.6. The predicted octanol–water partition coefficient (Wildman–Crippen LogP) is 3.35. The van der Waals surface area contributed by atoms with E-state index in [4.69, 9.17) is 27.9 Å². The number of carbonyl (C=O) groups excluding carboxylic acids is 2. The molecule has 23 heavy (non-hydrogen) atoms. The Labute approximate surface area is 145 Å². The van der Waals surface area contributed by atoms with Crippen molar-refractivity contribution in [3.8, 4) is 0 Å². The number of ketones is 1. The molecule has 3 atom stereocenters. The van der Waals surface area contributed by atoms with Crippen molar-refractivity contribution in [2.24, 2.45) is 11.8 Å². The summed E-state index contributed by atoms with van der Waals surface area (Å²) >= 11 is 11.5. The summed E-state index contributed by atoms with van der Waals surface area (Å²) in [6.07, 6.45) is 1.44. The lowest BCUT2D eigenvalue weighted by atomic mass is 9.68. The van der Waals surface area contributed by atoms with Crippen LogP contribution < -0.4 is 0 Å². The number of rotatable bonds is 4. The number of hydrogen-bond donors (Lipinski definition) is 1. The zero-order chi connectivity index (χ0) is 17.0. The van der Waals surface area contributed by atoms with Gasteiger partial charge in [-0.1, -0.05) is 53.5 Å². The summed E-state index contributed by atoms with van der Waals surface area (Å²) in [7, 11) is 0. The van der Waals surface area contributed by atoms with E-state index in [1.54, 1.807) is 31.2 Å². The average Bonchev–Trinajstić information content (AvgIpc) is 2.47. The summed E-state index contributed by atoms with van der Waals surface area (Å²) in [5.74, 6) is -2.60. The molecule has 4 nitrogen and oxygen atoms in total. The van der Waals surface area contributed by atoms with Crippen LogP contribution in [0.2, 0.25) is 0 Å². The van der Waals surface area contributed by atoms with E-state index < -0.39 is 23.4 Å². The van der Waals surface area contributed by atoms with Crippen LogP contribution in [0.25, 0.3) is 0 Å². The van der Waals surface area contributed by atoms with Crippen LogP contribution in [0.4, 0.5) is 0 Å². The Morgan fingerprint density at radius 1 is 1.39 bits per heavy atom. The summed E-state index contributed by atoms with van der Waals surface area (Å²) in [5, 5.41) is 10.9.